The topological polar surface area (TPSA) is 117 Å². The number of carbonyl (C=O) groups excluding carboxylic acids is 1. The zero-order valence-electron chi connectivity index (χ0n) is 17.8. The Morgan fingerprint density at radius 3 is 2.55 bits per heavy atom. The molecule has 1 aromatic carbocycles. The molecule has 1 aromatic heterocycles. The lowest BCUT2D eigenvalue weighted by atomic mass is 10.0. The third-order valence-electron chi connectivity index (χ3n) is 6.16. The monoisotopic (exact) mass is 448 g/mol. The molecule has 2 aliphatic heterocycles. The smallest absolute Gasteiger partial charge is 0.244 e. The second-order valence-electron chi connectivity index (χ2n) is 8.46. The van der Waals surface area contributed by atoms with E-state index >= 15 is 0 Å². The van der Waals surface area contributed by atoms with E-state index in [0.29, 0.717) is 31.9 Å². The maximum absolute atomic E-state index is 12.7. The van der Waals surface area contributed by atoms with Gasteiger partial charge in [-0.2, -0.15) is 4.98 Å². The molecule has 4 rings (SSSR count). The van der Waals surface area contributed by atoms with Gasteiger partial charge in [-0.15, -0.1) is 0 Å². The minimum absolute atomic E-state index is 0.0767. The van der Waals surface area contributed by atoms with Crippen LogP contribution in [0.25, 0.3) is 0 Å². The predicted molar refractivity (Wildman–Crippen MR) is 112 cm³/mol. The van der Waals surface area contributed by atoms with Crippen LogP contribution >= 0.6 is 0 Å². The van der Waals surface area contributed by atoms with Crippen LogP contribution in [0.15, 0.2) is 33.7 Å². The van der Waals surface area contributed by atoms with Crippen molar-refractivity contribution in [1.82, 2.24) is 19.9 Å². The van der Waals surface area contributed by atoms with Crippen LogP contribution in [0.3, 0.4) is 0 Å². The van der Waals surface area contributed by atoms with Crippen LogP contribution in [-0.2, 0) is 20.4 Å². The van der Waals surface area contributed by atoms with Crippen LogP contribution in [0.5, 0.6) is 0 Å². The summed E-state index contributed by atoms with van der Waals surface area (Å²) in [5.41, 5.74) is 0.981. The molecule has 0 aliphatic carbocycles. The van der Waals surface area contributed by atoms with Crippen molar-refractivity contribution in [2.45, 2.75) is 61.9 Å². The molecule has 2 atom stereocenters. The fourth-order valence-electron chi connectivity index (χ4n) is 4.46. The molecular weight excluding hydrogens is 420 g/mol. The Bertz CT molecular complexity index is 1030. The minimum Gasteiger partial charge on any atom is -0.392 e. The van der Waals surface area contributed by atoms with E-state index in [9.17, 15) is 18.3 Å². The minimum atomic E-state index is -3.58. The lowest BCUT2D eigenvalue weighted by molar-refractivity contribution is -0.130. The number of aliphatic hydroxyl groups excluding tert-OH is 1. The number of hydrogen-bond donors (Lipinski definition) is 1. The van der Waals surface area contributed by atoms with Gasteiger partial charge in [-0.25, -0.2) is 8.42 Å². The Kier molecular flexibility index (Phi) is 6.14. The standard InChI is InChI=1S/C21H28N4O5S/c1-14-3-5-18(6-4-14)31(28,29)13-20-22-21(30-23-20)19-11-17(27)12-25(19)16-7-9-24(10-8-16)15(2)26/h3-6,16-17,19,27H,7-13H2,1-2H3. The van der Waals surface area contributed by atoms with Crippen molar-refractivity contribution in [3.8, 4) is 0 Å². The number of aliphatic hydroxyl groups is 1. The van der Waals surface area contributed by atoms with E-state index in [1.807, 2.05) is 11.8 Å². The van der Waals surface area contributed by atoms with Gasteiger partial charge in [-0.1, -0.05) is 22.9 Å². The first-order chi connectivity index (χ1) is 14.7. The number of hydrogen-bond acceptors (Lipinski definition) is 8. The van der Waals surface area contributed by atoms with Gasteiger partial charge in [0.05, 0.1) is 17.0 Å². The number of piperidine rings is 1. The van der Waals surface area contributed by atoms with Gasteiger partial charge >= 0.3 is 0 Å². The Balaban J connectivity index is 1.47. The van der Waals surface area contributed by atoms with Gasteiger partial charge in [0.1, 0.15) is 5.75 Å². The van der Waals surface area contributed by atoms with Crippen LogP contribution in [0.4, 0.5) is 0 Å². The molecular formula is C21H28N4O5S. The van der Waals surface area contributed by atoms with Crippen molar-refractivity contribution in [2.24, 2.45) is 0 Å². The summed E-state index contributed by atoms with van der Waals surface area (Å²) in [4.78, 5) is 20.2. The molecule has 0 saturated carbocycles. The molecule has 0 spiro atoms. The highest BCUT2D eigenvalue weighted by atomic mass is 32.2. The summed E-state index contributed by atoms with van der Waals surface area (Å²) < 4.78 is 30.8. The largest absolute Gasteiger partial charge is 0.392 e. The summed E-state index contributed by atoms with van der Waals surface area (Å²) in [6.07, 6.45) is 1.57. The lowest BCUT2D eigenvalue weighted by Crippen LogP contribution is -2.46. The third-order valence-corrected chi connectivity index (χ3v) is 7.79. The zero-order chi connectivity index (χ0) is 22.2. The van der Waals surface area contributed by atoms with Crippen molar-refractivity contribution in [3.63, 3.8) is 0 Å². The highest BCUT2D eigenvalue weighted by Gasteiger charge is 2.41. The van der Waals surface area contributed by atoms with E-state index in [2.05, 4.69) is 15.0 Å². The van der Waals surface area contributed by atoms with E-state index in [1.165, 1.54) is 0 Å². The van der Waals surface area contributed by atoms with Crippen molar-refractivity contribution in [3.05, 3.63) is 41.5 Å². The van der Waals surface area contributed by atoms with Crippen LogP contribution < -0.4 is 0 Å². The average molecular weight is 449 g/mol. The average Bonchev–Trinajstić information content (AvgIpc) is 3.34. The van der Waals surface area contributed by atoms with Gasteiger partial charge in [-0.3, -0.25) is 9.69 Å². The molecule has 2 saturated heterocycles. The Hall–Kier alpha value is -2.30. The van der Waals surface area contributed by atoms with Crippen LogP contribution in [0, 0.1) is 6.92 Å². The molecule has 1 amide bonds. The Morgan fingerprint density at radius 1 is 1.23 bits per heavy atom. The second-order valence-corrected chi connectivity index (χ2v) is 10.4. The van der Waals surface area contributed by atoms with Crippen LogP contribution in [0.2, 0.25) is 0 Å². The first kappa shape index (κ1) is 21.9. The van der Waals surface area contributed by atoms with E-state index in [-0.39, 0.29) is 34.5 Å². The molecule has 10 heteroatoms. The maximum Gasteiger partial charge on any atom is 0.244 e. The van der Waals surface area contributed by atoms with Gasteiger partial charge in [0.25, 0.3) is 0 Å². The fourth-order valence-corrected chi connectivity index (χ4v) is 5.63. The molecule has 168 valence electrons. The third kappa shape index (κ3) is 4.81. The number of amides is 1. The predicted octanol–water partition coefficient (Wildman–Crippen LogP) is 1.47. The summed E-state index contributed by atoms with van der Waals surface area (Å²) in [7, 11) is -3.58. The summed E-state index contributed by atoms with van der Waals surface area (Å²) >= 11 is 0. The van der Waals surface area contributed by atoms with Crippen molar-refractivity contribution < 1.29 is 22.8 Å². The summed E-state index contributed by atoms with van der Waals surface area (Å²) in [6, 6.07) is 6.60. The fraction of sp³-hybridized carbons (Fsp3) is 0.571. The molecule has 1 N–H and O–H groups in total. The summed E-state index contributed by atoms with van der Waals surface area (Å²) in [5, 5.41) is 14.2. The highest BCUT2D eigenvalue weighted by molar-refractivity contribution is 7.90. The Morgan fingerprint density at radius 2 is 1.90 bits per heavy atom. The number of β-amino-alcohol motifs (C(OH)–C–C–N with tert-alkyl or cyclic N) is 1. The molecule has 9 nitrogen and oxygen atoms in total. The normalized spacial score (nSPS) is 23.4. The maximum atomic E-state index is 12.7. The van der Waals surface area contributed by atoms with E-state index in [4.69, 9.17) is 4.52 Å². The number of aryl methyl sites for hydroxylation is 1. The summed E-state index contributed by atoms with van der Waals surface area (Å²) in [6.45, 7) is 5.34. The Labute approximate surface area is 182 Å². The van der Waals surface area contributed by atoms with Crippen LogP contribution in [-0.4, -0.2) is 71.2 Å². The van der Waals surface area contributed by atoms with E-state index in [1.54, 1.807) is 31.2 Å². The number of nitrogens with zero attached hydrogens (tertiary/aromatic N) is 4. The molecule has 0 bridgehead atoms. The first-order valence-corrected chi connectivity index (χ1v) is 12.2. The molecule has 2 aromatic rings. The number of likely N-dealkylation sites (tertiary alicyclic amines) is 2. The number of aromatic nitrogens is 2. The number of benzene rings is 1. The summed E-state index contributed by atoms with van der Waals surface area (Å²) in [5.74, 6) is 0.182. The second kappa shape index (κ2) is 8.68. The lowest BCUT2D eigenvalue weighted by Gasteiger charge is -2.38. The quantitative estimate of drug-likeness (QED) is 0.731. The van der Waals surface area contributed by atoms with Gasteiger partial charge in [0.2, 0.25) is 11.8 Å². The van der Waals surface area contributed by atoms with Crippen molar-refractivity contribution in [2.75, 3.05) is 19.6 Å². The molecule has 2 fully saturated rings. The molecule has 3 heterocycles. The van der Waals surface area contributed by atoms with Crippen LogP contribution in [0.1, 0.15) is 49.5 Å². The van der Waals surface area contributed by atoms with Crippen molar-refractivity contribution in [1.29, 1.82) is 0 Å². The first-order valence-electron chi connectivity index (χ1n) is 10.5. The SMILES string of the molecule is CC(=O)N1CCC(N2CC(O)CC2c2nc(CS(=O)(=O)c3ccc(C)cc3)no2)CC1. The number of rotatable bonds is 5. The van der Waals surface area contributed by atoms with Gasteiger partial charge in [0, 0.05) is 32.6 Å². The highest BCUT2D eigenvalue weighted by Crippen LogP contribution is 2.36. The molecule has 31 heavy (non-hydrogen) atoms. The number of carbonyl (C=O) groups is 1. The molecule has 2 aliphatic rings. The van der Waals surface area contributed by atoms with E-state index in [0.717, 1.165) is 18.4 Å². The van der Waals surface area contributed by atoms with Gasteiger partial charge < -0.3 is 14.5 Å². The van der Waals surface area contributed by atoms with E-state index < -0.39 is 15.9 Å². The van der Waals surface area contributed by atoms with Gasteiger partial charge in [0.15, 0.2) is 15.7 Å². The van der Waals surface area contributed by atoms with Gasteiger partial charge in [-0.05, 0) is 38.3 Å². The zero-order valence-corrected chi connectivity index (χ0v) is 18.6. The van der Waals surface area contributed by atoms with Crippen molar-refractivity contribution >= 4 is 15.7 Å². The molecule has 2 unspecified atom stereocenters. The number of sulfone groups is 1. The molecule has 0 radical (unpaired) electrons.